The summed E-state index contributed by atoms with van der Waals surface area (Å²) in [5.41, 5.74) is 0. The van der Waals surface area contributed by atoms with Crippen LogP contribution in [0.5, 0.6) is 0 Å². The second-order valence-electron chi connectivity index (χ2n) is 5.75. The summed E-state index contributed by atoms with van der Waals surface area (Å²) in [4.78, 5) is 15.5. The number of hydrogen-bond donors (Lipinski definition) is 0. The molecule has 2 fully saturated rings. The Hall–Kier alpha value is -1.05. The van der Waals surface area contributed by atoms with E-state index in [1.54, 1.807) is 43.0 Å². The molecule has 5 nitrogen and oxygen atoms in total. The number of piperazine rings is 1. The van der Waals surface area contributed by atoms with E-state index in [0.29, 0.717) is 6.54 Å². The summed E-state index contributed by atoms with van der Waals surface area (Å²) in [5, 5.41) is 0. The third-order valence-electron chi connectivity index (χ3n) is 4.51. The molecule has 0 unspecified atom stereocenters. The van der Waals surface area contributed by atoms with E-state index in [-0.39, 0.29) is 16.8 Å². The van der Waals surface area contributed by atoms with E-state index in [2.05, 4.69) is 0 Å². The van der Waals surface area contributed by atoms with Gasteiger partial charge < -0.3 is 4.90 Å². The molecule has 0 saturated carbocycles. The molecule has 2 aliphatic heterocycles. The predicted molar refractivity (Wildman–Crippen MR) is 86.3 cm³/mol. The Labute approximate surface area is 135 Å². The molecular formula is C15H20N2O3S2. The minimum Gasteiger partial charge on any atom is -0.337 e. The van der Waals surface area contributed by atoms with Crippen molar-refractivity contribution in [2.45, 2.75) is 41.6 Å². The lowest BCUT2D eigenvalue weighted by Crippen LogP contribution is -2.59. The van der Waals surface area contributed by atoms with Crippen LogP contribution in [0.2, 0.25) is 0 Å². The van der Waals surface area contributed by atoms with Crippen molar-refractivity contribution in [3.8, 4) is 0 Å². The molecule has 2 aliphatic rings. The molecule has 2 atom stereocenters. The maximum absolute atomic E-state index is 12.9. The van der Waals surface area contributed by atoms with Crippen LogP contribution in [0, 0.1) is 0 Å². The zero-order valence-corrected chi connectivity index (χ0v) is 14.4. The van der Waals surface area contributed by atoms with E-state index < -0.39 is 16.1 Å². The largest absolute Gasteiger partial charge is 0.337 e. The topological polar surface area (TPSA) is 57.7 Å². The minimum absolute atomic E-state index is 0.0314. The van der Waals surface area contributed by atoms with Gasteiger partial charge in [-0.3, -0.25) is 4.79 Å². The number of benzene rings is 1. The molecule has 7 heteroatoms. The number of thioether (sulfide) groups is 1. The average Bonchev–Trinajstić information content (AvgIpc) is 2.99. The number of rotatable bonds is 3. The first-order chi connectivity index (χ1) is 10.4. The molecule has 0 N–H and O–H groups in total. The molecule has 22 heavy (non-hydrogen) atoms. The SMILES string of the molecule is CSc1ccc(S(=O)(=O)N2C[C@@H]3CCCN3C(=O)[C@@H]2C)cc1. The summed E-state index contributed by atoms with van der Waals surface area (Å²) in [6.45, 7) is 2.84. The number of amides is 1. The molecule has 0 aromatic heterocycles. The molecule has 2 saturated heterocycles. The number of sulfonamides is 1. The third-order valence-corrected chi connectivity index (χ3v) is 7.20. The van der Waals surface area contributed by atoms with Gasteiger partial charge in [-0.15, -0.1) is 11.8 Å². The summed E-state index contributed by atoms with van der Waals surface area (Å²) in [5.74, 6) is -0.0712. The fraction of sp³-hybridized carbons (Fsp3) is 0.533. The summed E-state index contributed by atoms with van der Waals surface area (Å²) >= 11 is 1.57. The van der Waals surface area contributed by atoms with Crippen LogP contribution in [0.3, 0.4) is 0 Å². The fourth-order valence-electron chi connectivity index (χ4n) is 3.23. The maximum Gasteiger partial charge on any atom is 0.243 e. The van der Waals surface area contributed by atoms with Crippen molar-refractivity contribution in [2.24, 2.45) is 0 Å². The second kappa shape index (κ2) is 5.86. The molecule has 2 heterocycles. The molecule has 1 aromatic rings. The van der Waals surface area contributed by atoms with Crippen LogP contribution in [0.4, 0.5) is 0 Å². The highest BCUT2D eigenvalue weighted by atomic mass is 32.2. The van der Waals surface area contributed by atoms with Gasteiger partial charge in [0, 0.05) is 24.0 Å². The smallest absolute Gasteiger partial charge is 0.243 e. The second-order valence-corrected chi connectivity index (χ2v) is 8.52. The number of hydrogen-bond acceptors (Lipinski definition) is 4. The lowest BCUT2D eigenvalue weighted by molar-refractivity contribution is -0.139. The van der Waals surface area contributed by atoms with E-state index in [0.717, 1.165) is 24.3 Å². The Balaban J connectivity index is 1.92. The van der Waals surface area contributed by atoms with Crippen LogP contribution >= 0.6 is 11.8 Å². The summed E-state index contributed by atoms with van der Waals surface area (Å²) < 4.78 is 27.1. The first kappa shape index (κ1) is 15.8. The number of carbonyl (C=O) groups excluding carboxylic acids is 1. The van der Waals surface area contributed by atoms with E-state index in [4.69, 9.17) is 0 Å². The Morgan fingerprint density at radius 1 is 1.23 bits per heavy atom. The number of carbonyl (C=O) groups is 1. The lowest BCUT2D eigenvalue weighted by atomic mass is 10.1. The normalized spacial score (nSPS) is 26.3. The fourth-order valence-corrected chi connectivity index (χ4v) is 5.27. The van der Waals surface area contributed by atoms with Crippen molar-refractivity contribution in [1.82, 2.24) is 9.21 Å². The van der Waals surface area contributed by atoms with Gasteiger partial charge >= 0.3 is 0 Å². The minimum atomic E-state index is -3.63. The quantitative estimate of drug-likeness (QED) is 0.787. The zero-order valence-electron chi connectivity index (χ0n) is 12.7. The highest BCUT2D eigenvalue weighted by Gasteiger charge is 2.45. The monoisotopic (exact) mass is 340 g/mol. The van der Waals surface area contributed by atoms with Crippen LogP contribution in [-0.2, 0) is 14.8 Å². The molecule has 0 bridgehead atoms. The van der Waals surface area contributed by atoms with Crippen molar-refractivity contribution in [3.63, 3.8) is 0 Å². The predicted octanol–water partition coefficient (Wildman–Crippen LogP) is 1.79. The lowest BCUT2D eigenvalue weighted by Gasteiger charge is -2.40. The third kappa shape index (κ3) is 2.55. The number of fused-ring (bicyclic) bond motifs is 1. The molecule has 1 amide bonds. The van der Waals surface area contributed by atoms with Gasteiger partial charge in [-0.1, -0.05) is 0 Å². The molecule has 0 spiro atoms. The Morgan fingerprint density at radius 3 is 2.55 bits per heavy atom. The summed E-state index contributed by atoms with van der Waals surface area (Å²) in [6.07, 6.45) is 3.79. The molecule has 1 aromatic carbocycles. The van der Waals surface area contributed by atoms with Crippen LogP contribution < -0.4 is 0 Å². The van der Waals surface area contributed by atoms with Gasteiger partial charge in [-0.25, -0.2) is 8.42 Å². The van der Waals surface area contributed by atoms with Crippen molar-refractivity contribution in [1.29, 1.82) is 0 Å². The average molecular weight is 340 g/mol. The first-order valence-electron chi connectivity index (χ1n) is 7.41. The van der Waals surface area contributed by atoms with Gasteiger partial charge in [-0.2, -0.15) is 4.31 Å². The van der Waals surface area contributed by atoms with Crippen LogP contribution in [0.15, 0.2) is 34.1 Å². The van der Waals surface area contributed by atoms with Crippen LogP contribution in [0.25, 0.3) is 0 Å². The van der Waals surface area contributed by atoms with Crippen molar-refractivity contribution >= 4 is 27.7 Å². The van der Waals surface area contributed by atoms with E-state index in [1.807, 2.05) is 11.2 Å². The number of nitrogens with zero attached hydrogens (tertiary/aromatic N) is 2. The summed E-state index contributed by atoms with van der Waals surface area (Å²) in [7, 11) is -3.63. The highest BCUT2D eigenvalue weighted by Crippen LogP contribution is 2.30. The van der Waals surface area contributed by atoms with Crippen LogP contribution in [0.1, 0.15) is 19.8 Å². The molecule has 0 radical (unpaired) electrons. The molecule has 0 aliphatic carbocycles. The highest BCUT2D eigenvalue weighted by molar-refractivity contribution is 7.98. The van der Waals surface area contributed by atoms with E-state index in [9.17, 15) is 13.2 Å². The van der Waals surface area contributed by atoms with Gasteiger partial charge in [0.1, 0.15) is 6.04 Å². The molecular weight excluding hydrogens is 320 g/mol. The van der Waals surface area contributed by atoms with Gasteiger partial charge in [0.25, 0.3) is 0 Å². The molecule has 120 valence electrons. The van der Waals surface area contributed by atoms with Crippen molar-refractivity contribution in [3.05, 3.63) is 24.3 Å². The Kier molecular flexibility index (Phi) is 4.22. The van der Waals surface area contributed by atoms with Crippen molar-refractivity contribution < 1.29 is 13.2 Å². The van der Waals surface area contributed by atoms with Crippen LogP contribution in [-0.4, -0.2) is 55.0 Å². The summed E-state index contributed by atoms with van der Waals surface area (Å²) in [6, 6.07) is 6.26. The first-order valence-corrected chi connectivity index (χ1v) is 10.1. The zero-order chi connectivity index (χ0) is 15.9. The van der Waals surface area contributed by atoms with E-state index >= 15 is 0 Å². The standard InChI is InChI=1S/C15H20N2O3S2/c1-11-15(18)16-9-3-4-12(16)10-17(11)22(19,20)14-7-5-13(21-2)6-8-14/h5-8,11-12H,3-4,9-10H2,1-2H3/t11-,12-/m0/s1. The van der Waals surface area contributed by atoms with Gasteiger partial charge in [0.15, 0.2) is 0 Å². The Bertz CT molecular complexity index is 673. The van der Waals surface area contributed by atoms with Gasteiger partial charge in [0.05, 0.1) is 4.90 Å². The van der Waals surface area contributed by atoms with Gasteiger partial charge in [0.2, 0.25) is 15.9 Å². The van der Waals surface area contributed by atoms with E-state index in [1.165, 1.54) is 4.31 Å². The van der Waals surface area contributed by atoms with Crippen molar-refractivity contribution in [2.75, 3.05) is 19.3 Å². The Morgan fingerprint density at radius 2 is 1.91 bits per heavy atom. The maximum atomic E-state index is 12.9. The van der Waals surface area contributed by atoms with Gasteiger partial charge in [-0.05, 0) is 50.3 Å². The molecule has 3 rings (SSSR count).